The number of ether oxygens (including phenoxy) is 1. The molecule has 1 unspecified atom stereocenters. The smallest absolute Gasteiger partial charge is 0.269 e. The lowest BCUT2D eigenvalue weighted by molar-refractivity contribution is 0.0932. The first-order chi connectivity index (χ1) is 17.1. The molecule has 1 amide bonds. The van der Waals surface area contributed by atoms with Crippen LogP contribution in [0.25, 0.3) is 10.9 Å². The van der Waals surface area contributed by atoms with Crippen LogP contribution in [0.15, 0.2) is 47.4 Å². The van der Waals surface area contributed by atoms with E-state index in [1.807, 2.05) is 30.3 Å². The van der Waals surface area contributed by atoms with Gasteiger partial charge in [0.25, 0.3) is 11.5 Å². The van der Waals surface area contributed by atoms with E-state index < -0.39 is 0 Å². The fourth-order valence-electron chi connectivity index (χ4n) is 5.19. The number of hydrogen-bond donors (Lipinski definition) is 2. The molecular weight excluding hydrogens is 444 g/mol. The average Bonchev–Trinajstić information content (AvgIpc) is 3.39. The van der Waals surface area contributed by atoms with Gasteiger partial charge in [-0.15, -0.1) is 0 Å². The number of anilines is 1. The molecule has 2 N–H and O–H groups in total. The molecule has 9 heteroatoms. The van der Waals surface area contributed by atoms with Crippen LogP contribution in [0.2, 0.25) is 0 Å². The number of para-hydroxylation sites is 1. The van der Waals surface area contributed by atoms with Crippen LogP contribution in [0.4, 0.5) is 5.69 Å². The number of H-pyrrole nitrogens is 1. The van der Waals surface area contributed by atoms with Crippen molar-refractivity contribution >= 4 is 22.5 Å². The maximum atomic E-state index is 12.5. The highest BCUT2D eigenvalue weighted by atomic mass is 16.5. The lowest BCUT2D eigenvalue weighted by Crippen LogP contribution is -2.44. The van der Waals surface area contributed by atoms with E-state index in [-0.39, 0.29) is 17.4 Å². The summed E-state index contributed by atoms with van der Waals surface area (Å²) in [4.78, 5) is 41.7. The lowest BCUT2D eigenvalue weighted by atomic mass is 10.0. The molecule has 184 valence electrons. The van der Waals surface area contributed by atoms with Crippen molar-refractivity contribution in [3.8, 4) is 0 Å². The molecule has 5 rings (SSSR count). The fourth-order valence-corrected chi connectivity index (χ4v) is 5.19. The lowest BCUT2D eigenvalue weighted by Gasteiger charge is -2.37. The minimum atomic E-state index is -0.182. The summed E-state index contributed by atoms with van der Waals surface area (Å²) in [7, 11) is 1.61. The molecule has 0 radical (unpaired) electrons. The molecule has 0 saturated carbocycles. The van der Waals surface area contributed by atoms with Gasteiger partial charge in [-0.2, -0.15) is 0 Å². The zero-order valence-electron chi connectivity index (χ0n) is 20.1. The second-order valence-corrected chi connectivity index (χ2v) is 9.32. The van der Waals surface area contributed by atoms with Crippen LogP contribution in [0, 0.1) is 0 Å². The van der Waals surface area contributed by atoms with E-state index in [2.05, 4.69) is 25.1 Å². The number of hydrogen-bond acceptors (Lipinski definition) is 7. The number of rotatable bonds is 7. The summed E-state index contributed by atoms with van der Waals surface area (Å²) in [5, 5.41) is 3.44. The summed E-state index contributed by atoms with van der Waals surface area (Å²) in [6.45, 7) is 4.82. The van der Waals surface area contributed by atoms with Crippen molar-refractivity contribution in [3.05, 3.63) is 64.5 Å². The van der Waals surface area contributed by atoms with Gasteiger partial charge in [0.2, 0.25) is 0 Å². The van der Waals surface area contributed by atoms with E-state index in [0.717, 1.165) is 62.5 Å². The van der Waals surface area contributed by atoms with Crippen molar-refractivity contribution in [2.45, 2.75) is 31.2 Å². The molecule has 2 saturated heterocycles. The first-order valence-electron chi connectivity index (χ1n) is 12.3. The van der Waals surface area contributed by atoms with Gasteiger partial charge in [-0.05, 0) is 50.1 Å². The summed E-state index contributed by atoms with van der Waals surface area (Å²) in [5.74, 6) is 0.890. The number of likely N-dealkylation sites (tertiary alicyclic amines) is 1. The molecular formula is C26H32N6O3. The zero-order valence-corrected chi connectivity index (χ0v) is 20.1. The van der Waals surface area contributed by atoms with Crippen molar-refractivity contribution in [1.29, 1.82) is 0 Å². The van der Waals surface area contributed by atoms with Crippen molar-refractivity contribution in [2.24, 2.45) is 0 Å². The summed E-state index contributed by atoms with van der Waals surface area (Å²) in [5.41, 5.74) is 2.19. The van der Waals surface area contributed by atoms with Crippen LogP contribution in [0.1, 0.15) is 41.5 Å². The molecule has 0 aliphatic carbocycles. The Kier molecular flexibility index (Phi) is 7.06. The third-order valence-corrected chi connectivity index (χ3v) is 7.16. The Balaban J connectivity index is 1.15. The molecule has 1 atom stereocenters. The quantitative estimate of drug-likeness (QED) is 0.504. The van der Waals surface area contributed by atoms with Crippen molar-refractivity contribution in [2.75, 3.05) is 51.3 Å². The van der Waals surface area contributed by atoms with E-state index in [9.17, 15) is 9.59 Å². The van der Waals surface area contributed by atoms with E-state index >= 15 is 0 Å². The van der Waals surface area contributed by atoms with Crippen LogP contribution in [-0.2, 0) is 4.74 Å². The minimum Gasteiger partial charge on any atom is -0.383 e. The van der Waals surface area contributed by atoms with Crippen LogP contribution in [0.3, 0.4) is 0 Å². The number of amides is 1. The Labute approximate surface area is 204 Å². The highest BCUT2D eigenvalue weighted by molar-refractivity contribution is 5.92. The number of nitrogens with one attached hydrogen (secondary N) is 2. The largest absolute Gasteiger partial charge is 0.383 e. The molecule has 1 aromatic carbocycles. The van der Waals surface area contributed by atoms with Gasteiger partial charge in [-0.25, -0.2) is 9.97 Å². The molecule has 3 aromatic rings. The Morgan fingerprint density at radius 2 is 1.97 bits per heavy atom. The molecule has 2 fully saturated rings. The van der Waals surface area contributed by atoms with Gasteiger partial charge in [0.1, 0.15) is 11.5 Å². The Morgan fingerprint density at radius 1 is 1.14 bits per heavy atom. The Morgan fingerprint density at radius 3 is 2.74 bits per heavy atom. The van der Waals surface area contributed by atoms with Crippen molar-refractivity contribution < 1.29 is 9.53 Å². The van der Waals surface area contributed by atoms with E-state index in [4.69, 9.17) is 9.72 Å². The number of carbonyl (C=O) groups excluding carboxylic acids is 1. The first kappa shape index (κ1) is 23.4. The SMILES string of the molecule is COCCNC(=O)c1ccc(N2CCC(N3CCC(c4nc5ccccc5c(=O)[nH]4)C3)CC2)cn1. The first-order valence-corrected chi connectivity index (χ1v) is 12.3. The highest BCUT2D eigenvalue weighted by Gasteiger charge is 2.32. The van der Waals surface area contributed by atoms with E-state index in [0.29, 0.717) is 30.3 Å². The van der Waals surface area contributed by atoms with Crippen LogP contribution in [0.5, 0.6) is 0 Å². The molecule has 9 nitrogen and oxygen atoms in total. The number of piperidine rings is 1. The second-order valence-electron chi connectivity index (χ2n) is 9.32. The maximum Gasteiger partial charge on any atom is 0.269 e. The third kappa shape index (κ3) is 5.21. The number of aromatic amines is 1. The number of benzene rings is 1. The third-order valence-electron chi connectivity index (χ3n) is 7.16. The minimum absolute atomic E-state index is 0.0514. The molecule has 2 aromatic heterocycles. The number of pyridine rings is 1. The van der Waals surface area contributed by atoms with E-state index in [1.54, 1.807) is 19.4 Å². The molecule has 4 heterocycles. The molecule has 2 aliphatic rings. The molecule has 0 spiro atoms. The van der Waals surface area contributed by atoms with Crippen LogP contribution in [-0.4, -0.2) is 78.2 Å². The van der Waals surface area contributed by atoms with Gasteiger partial charge in [-0.1, -0.05) is 12.1 Å². The molecule has 35 heavy (non-hydrogen) atoms. The number of methoxy groups -OCH3 is 1. The standard InChI is InChI=1S/C26H32N6O3/c1-35-15-11-27-26(34)23-7-6-20(16-28-23)31-13-9-19(10-14-31)32-12-8-18(17-32)24-29-22-5-3-2-4-21(22)25(33)30-24/h2-7,16,18-19H,8-15,17H2,1H3,(H,27,34)(H,29,30,33). The summed E-state index contributed by atoms with van der Waals surface area (Å²) < 4.78 is 4.96. The maximum absolute atomic E-state index is 12.5. The van der Waals surface area contributed by atoms with Crippen LogP contribution < -0.4 is 15.8 Å². The zero-order chi connectivity index (χ0) is 24.2. The van der Waals surface area contributed by atoms with Crippen molar-refractivity contribution in [1.82, 2.24) is 25.2 Å². The number of carbonyl (C=O) groups is 1. The monoisotopic (exact) mass is 476 g/mol. The predicted octanol–water partition coefficient (Wildman–Crippen LogP) is 2.15. The predicted molar refractivity (Wildman–Crippen MR) is 135 cm³/mol. The molecule has 2 aliphatic heterocycles. The van der Waals surface area contributed by atoms with Gasteiger partial charge >= 0.3 is 0 Å². The number of fused-ring (bicyclic) bond motifs is 1. The topological polar surface area (TPSA) is 103 Å². The van der Waals surface area contributed by atoms with Crippen molar-refractivity contribution in [3.63, 3.8) is 0 Å². The number of aromatic nitrogens is 3. The Bertz CT molecular complexity index is 1220. The van der Waals surface area contributed by atoms with Crippen LogP contribution >= 0.6 is 0 Å². The van der Waals surface area contributed by atoms with E-state index in [1.165, 1.54) is 0 Å². The van der Waals surface area contributed by atoms with Gasteiger partial charge < -0.3 is 19.9 Å². The average molecular weight is 477 g/mol. The highest BCUT2D eigenvalue weighted by Crippen LogP contribution is 2.30. The second kappa shape index (κ2) is 10.5. The van der Waals surface area contributed by atoms with Gasteiger partial charge in [-0.3, -0.25) is 14.5 Å². The normalized spacial score (nSPS) is 19.3. The summed E-state index contributed by atoms with van der Waals surface area (Å²) >= 11 is 0. The fraction of sp³-hybridized carbons (Fsp3) is 0.462. The molecule has 0 bridgehead atoms. The summed E-state index contributed by atoms with van der Waals surface area (Å²) in [6.07, 6.45) is 4.96. The van der Waals surface area contributed by atoms with Gasteiger partial charge in [0, 0.05) is 45.2 Å². The Hall–Kier alpha value is -3.30. The number of nitrogens with zero attached hydrogens (tertiary/aromatic N) is 4. The summed E-state index contributed by atoms with van der Waals surface area (Å²) in [6, 6.07) is 11.8. The van der Waals surface area contributed by atoms with Gasteiger partial charge in [0.05, 0.1) is 29.4 Å². The van der Waals surface area contributed by atoms with Gasteiger partial charge in [0.15, 0.2) is 0 Å².